The molecule has 2 aromatic carbocycles. The number of thioether (sulfide) groups is 1. The molecule has 0 spiro atoms. The van der Waals surface area contributed by atoms with Gasteiger partial charge in [-0.05, 0) is 35.7 Å². The number of carbonyl (C=O) groups excluding carboxylic acids is 1. The van der Waals surface area contributed by atoms with Gasteiger partial charge in [-0.1, -0.05) is 43.2 Å². The Morgan fingerprint density at radius 3 is 2.36 bits per heavy atom. The monoisotopic (exact) mass is 418 g/mol. The van der Waals surface area contributed by atoms with Crippen LogP contribution in [-0.4, -0.2) is 60.7 Å². The second-order valence-electron chi connectivity index (χ2n) is 7.51. The zero-order valence-corrected chi connectivity index (χ0v) is 17.6. The first-order valence-electron chi connectivity index (χ1n) is 9.92. The van der Waals surface area contributed by atoms with E-state index in [1.165, 1.54) is 30.0 Å². The van der Waals surface area contributed by atoms with Crippen molar-refractivity contribution in [3.63, 3.8) is 0 Å². The number of nitrogens with zero attached hydrogens (tertiary/aromatic N) is 2. The van der Waals surface area contributed by atoms with Crippen LogP contribution in [0.25, 0.3) is 10.8 Å². The zero-order chi connectivity index (χ0) is 19.6. The average Bonchev–Trinajstić information content (AvgIpc) is 3.25. The highest BCUT2D eigenvalue weighted by Crippen LogP contribution is 2.29. The summed E-state index contributed by atoms with van der Waals surface area (Å²) in [6, 6.07) is 13.0. The molecule has 2 fully saturated rings. The minimum absolute atomic E-state index is 0.139. The second-order valence-corrected chi connectivity index (χ2v) is 10.7. The van der Waals surface area contributed by atoms with Crippen LogP contribution in [0.5, 0.6) is 0 Å². The Hall–Kier alpha value is -1.57. The third-order valence-electron chi connectivity index (χ3n) is 5.69. The molecule has 150 valence electrons. The lowest BCUT2D eigenvalue weighted by atomic mass is 10.1. The van der Waals surface area contributed by atoms with E-state index in [4.69, 9.17) is 0 Å². The summed E-state index contributed by atoms with van der Waals surface area (Å²) in [5, 5.41) is 2.57. The fraction of sp³-hybridized carbons (Fsp3) is 0.476. The summed E-state index contributed by atoms with van der Waals surface area (Å²) in [4.78, 5) is 14.6. The Bertz CT molecular complexity index is 947. The maximum Gasteiger partial charge on any atom is 0.243 e. The van der Waals surface area contributed by atoms with Gasteiger partial charge in [0.25, 0.3) is 0 Å². The van der Waals surface area contributed by atoms with Crippen LogP contribution in [0.2, 0.25) is 0 Å². The van der Waals surface area contributed by atoms with Gasteiger partial charge in [-0.2, -0.15) is 4.31 Å². The molecule has 1 aliphatic heterocycles. The van der Waals surface area contributed by atoms with Gasteiger partial charge in [-0.25, -0.2) is 8.42 Å². The number of amides is 1. The number of hydrogen-bond donors (Lipinski definition) is 0. The molecule has 2 aliphatic rings. The standard InChI is InChI=1S/C21H26N2O3S2/c24-21(16-27-19-7-3-4-8-19)22-11-13-23(14-12-22)28(25,26)20-10-9-17-5-1-2-6-18(17)15-20/h1-2,5-6,9-10,15,19H,3-4,7-8,11-14,16H2. The van der Waals surface area contributed by atoms with E-state index in [2.05, 4.69) is 0 Å². The fourth-order valence-corrected chi connectivity index (χ4v) is 6.68. The van der Waals surface area contributed by atoms with Gasteiger partial charge in [0.1, 0.15) is 0 Å². The molecular weight excluding hydrogens is 392 g/mol. The van der Waals surface area contributed by atoms with E-state index in [1.54, 1.807) is 23.9 Å². The van der Waals surface area contributed by atoms with Crippen molar-refractivity contribution < 1.29 is 13.2 Å². The van der Waals surface area contributed by atoms with Crippen molar-refractivity contribution in [3.8, 4) is 0 Å². The van der Waals surface area contributed by atoms with Crippen molar-refractivity contribution in [1.29, 1.82) is 0 Å². The number of piperazine rings is 1. The van der Waals surface area contributed by atoms with E-state index in [0.29, 0.717) is 42.1 Å². The van der Waals surface area contributed by atoms with Gasteiger partial charge in [0.2, 0.25) is 15.9 Å². The molecule has 5 nitrogen and oxygen atoms in total. The molecule has 0 N–H and O–H groups in total. The SMILES string of the molecule is O=C(CSC1CCCC1)N1CCN(S(=O)(=O)c2ccc3ccccc3c2)CC1. The molecule has 0 atom stereocenters. The van der Waals surface area contributed by atoms with Crippen LogP contribution in [0.15, 0.2) is 47.4 Å². The van der Waals surface area contributed by atoms with Crippen molar-refractivity contribution in [3.05, 3.63) is 42.5 Å². The van der Waals surface area contributed by atoms with E-state index >= 15 is 0 Å². The van der Waals surface area contributed by atoms with Crippen LogP contribution in [0, 0.1) is 0 Å². The molecule has 2 aromatic rings. The van der Waals surface area contributed by atoms with Gasteiger partial charge in [0.05, 0.1) is 10.6 Å². The van der Waals surface area contributed by atoms with Gasteiger partial charge in [0, 0.05) is 31.4 Å². The molecule has 28 heavy (non-hydrogen) atoms. The highest BCUT2D eigenvalue weighted by molar-refractivity contribution is 8.00. The van der Waals surface area contributed by atoms with Gasteiger partial charge in [-0.3, -0.25) is 4.79 Å². The Balaban J connectivity index is 1.37. The maximum atomic E-state index is 13.0. The van der Waals surface area contributed by atoms with E-state index in [1.807, 2.05) is 35.2 Å². The molecule has 1 heterocycles. The summed E-state index contributed by atoms with van der Waals surface area (Å²) >= 11 is 1.77. The topological polar surface area (TPSA) is 57.7 Å². The van der Waals surface area contributed by atoms with Crippen molar-refractivity contribution in [2.24, 2.45) is 0 Å². The maximum absolute atomic E-state index is 13.0. The molecule has 7 heteroatoms. The smallest absolute Gasteiger partial charge is 0.243 e. The second kappa shape index (κ2) is 8.43. The molecule has 1 saturated heterocycles. The Kier molecular flexibility index (Phi) is 5.94. The van der Waals surface area contributed by atoms with Crippen LogP contribution in [0.3, 0.4) is 0 Å². The highest BCUT2D eigenvalue weighted by atomic mass is 32.2. The average molecular weight is 419 g/mol. The third kappa shape index (κ3) is 4.21. The van der Waals surface area contributed by atoms with Crippen LogP contribution < -0.4 is 0 Å². The van der Waals surface area contributed by atoms with Crippen LogP contribution in [0.4, 0.5) is 0 Å². The Labute approximate surface area is 171 Å². The van der Waals surface area contributed by atoms with Crippen LogP contribution >= 0.6 is 11.8 Å². The summed E-state index contributed by atoms with van der Waals surface area (Å²) in [7, 11) is -3.54. The lowest BCUT2D eigenvalue weighted by molar-refractivity contribution is -0.129. The molecule has 0 unspecified atom stereocenters. The molecule has 0 bridgehead atoms. The van der Waals surface area contributed by atoms with Gasteiger partial charge < -0.3 is 4.90 Å². The quantitative estimate of drug-likeness (QED) is 0.747. The minimum Gasteiger partial charge on any atom is -0.339 e. The van der Waals surface area contributed by atoms with Crippen LogP contribution in [-0.2, 0) is 14.8 Å². The van der Waals surface area contributed by atoms with E-state index in [-0.39, 0.29) is 5.91 Å². The Morgan fingerprint density at radius 1 is 0.964 bits per heavy atom. The van der Waals surface area contributed by atoms with Crippen molar-refractivity contribution in [2.45, 2.75) is 35.8 Å². The summed E-state index contributed by atoms with van der Waals surface area (Å²) < 4.78 is 27.6. The minimum atomic E-state index is -3.54. The molecule has 1 saturated carbocycles. The first kappa shape index (κ1) is 19.7. The van der Waals surface area contributed by atoms with Crippen LogP contribution in [0.1, 0.15) is 25.7 Å². The largest absolute Gasteiger partial charge is 0.339 e. The number of fused-ring (bicyclic) bond motifs is 1. The van der Waals surface area contributed by atoms with E-state index in [0.717, 1.165) is 10.8 Å². The highest BCUT2D eigenvalue weighted by Gasteiger charge is 2.30. The van der Waals surface area contributed by atoms with Gasteiger partial charge in [0.15, 0.2) is 0 Å². The Morgan fingerprint density at radius 2 is 1.64 bits per heavy atom. The number of carbonyl (C=O) groups is 1. The predicted molar refractivity (Wildman–Crippen MR) is 114 cm³/mol. The zero-order valence-electron chi connectivity index (χ0n) is 15.9. The molecule has 0 radical (unpaired) electrons. The molecule has 1 amide bonds. The van der Waals surface area contributed by atoms with Crippen molar-refractivity contribution in [1.82, 2.24) is 9.21 Å². The number of sulfonamides is 1. The molecular formula is C21H26N2O3S2. The van der Waals surface area contributed by atoms with Gasteiger partial charge >= 0.3 is 0 Å². The first-order valence-corrected chi connectivity index (χ1v) is 12.4. The molecule has 4 rings (SSSR count). The van der Waals surface area contributed by atoms with Crippen molar-refractivity contribution in [2.75, 3.05) is 31.9 Å². The summed E-state index contributed by atoms with van der Waals surface area (Å²) in [6.07, 6.45) is 4.99. The third-order valence-corrected chi connectivity index (χ3v) is 8.95. The number of rotatable bonds is 5. The van der Waals surface area contributed by atoms with E-state index in [9.17, 15) is 13.2 Å². The predicted octanol–water partition coefficient (Wildman–Crippen LogP) is 3.35. The summed E-state index contributed by atoms with van der Waals surface area (Å²) in [5.74, 6) is 0.655. The van der Waals surface area contributed by atoms with E-state index < -0.39 is 10.0 Å². The lowest BCUT2D eigenvalue weighted by Gasteiger charge is -2.34. The number of hydrogen-bond acceptors (Lipinski definition) is 4. The number of benzene rings is 2. The fourth-order valence-electron chi connectivity index (χ4n) is 3.99. The normalized spacial score (nSPS) is 19.4. The summed E-state index contributed by atoms with van der Waals surface area (Å²) in [5.41, 5.74) is 0. The van der Waals surface area contributed by atoms with Crippen molar-refractivity contribution >= 4 is 38.5 Å². The summed E-state index contributed by atoms with van der Waals surface area (Å²) in [6.45, 7) is 1.65. The molecule has 0 aromatic heterocycles. The van der Waals surface area contributed by atoms with Gasteiger partial charge in [-0.15, -0.1) is 11.8 Å². The molecule has 1 aliphatic carbocycles. The first-order chi connectivity index (χ1) is 13.5. The lowest BCUT2D eigenvalue weighted by Crippen LogP contribution is -2.51.